The maximum atomic E-state index is 14.2. The summed E-state index contributed by atoms with van der Waals surface area (Å²) in [5, 5.41) is 15.5. The number of anilines is 4. The second kappa shape index (κ2) is 25.9. The van der Waals surface area contributed by atoms with Crippen molar-refractivity contribution in [3.05, 3.63) is 97.7 Å². The molecule has 0 spiro atoms. The Morgan fingerprint density at radius 3 is 2.42 bits per heavy atom. The Labute approximate surface area is 444 Å². The number of nitrogens with one attached hydrogen (secondary N) is 4. The van der Waals surface area contributed by atoms with E-state index in [0.717, 1.165) is 50.5 Å². The van der Waals surface area contributed by atoms with Crippen LogP contribution in [0.3, 0.4) is 0 Å². The highest BCUT2D eigenvalue weighted by Gasteiger charge is 2.40. The summed E-state index contributed by atoms with van der Waals surface area (Å²) < 4.78 is 17.3. The smallest absolute Gasteiger partial charge is 0.267 e. The van der Waals surface area contributed by atoms with E-state index in [-0.39, 0.29) is 74.4 Å². The summed E-state index contributed by atoms with van der Waals surface area (Å²) in [5.74, 6) is 1.48. The van der Waals surface area contributed by atoms with Crippen LogP contribution in [-0.4, -0.2) is 144 Å². The number of carbonyl (C=O) groups is 5. The number of carbonyl (C=O) groups excluding carboxylic acids is 5. The molecule has 4 N–H and O–H groups in total. The van der Waals surface area contributed by atoms with E-state index in [9.17, 15) is 24.0 Å². The summed E-state index contributed by atoms with van der Waals surface area (Å²) in [7, 11) is 1.73. The van der Waals surface area contributed by atoms with Crippen molar-refractivity contribution in [2.75, 3.05) is 88.3 Å². The number of rotatable bonds is 22. The van der Waals surface area contributed by atoms with E-state index in [0.29, 0.717) is 92.9 Å². The van der Waals surface area contributed by atoms with Gasteiger partial charge in [-0.2, -0.15) is 0 Å². The standard InChI is InChI=1S/C52H64ClN11O8S2/c1-32-11-8-16-38(53)45(32)60-49(68)41-29-55-52(74-41)59-42-28-43(57-34(3)56-42)62-19-21-63(22-20-62)44(65)30-71-24-23-70-25-26-72-37-15-9-14-36(27-37)47(66)39-31-73-50(58-39)40-17-10-18-64(40)51(69)46(35-12-6-5-7-13-35)61-48(67)33(2)54-4/h8-9,11,14-16,27-29,31,33,35,40,46,54H,5-7,10,12-13,17-26,30H2,1-4H3,(H,60,68)(H,61,67)(H,55,56,57,59). The van der Waals surface area contributed by atoms with Crippen molar-refractivity contribution in [3.8, 4) is 5.75 Å². The Morgan fingerprint density at radius 1 is 0.865 bits per heavy atom. The molecule has 4 amide bonds. The van der Waals surface area contributed by atoms with E-state index in [2.05, 4.69) is 41.1 Å². The van der Waals surface area contributed by atoms with Crippen molar-refractivity contribution in [3.63, 3.8) is 0 Å². The molecule has 74 heavy (non-hydrogen) atoms. The molecule has 3 fully saturated rings. The van der Waals surface area contributed by atoms with Crippen LogP contribution in [-0.2, 0) is 23.9 Å². The lowest BCUT2D eigenvalue weighted by molar-refractivity contribution is -0.139. The lowest BCUT2D eigenvalue weighted by Gasteiger charge is -2.35. The van der Waals surface area contributed by atoms with Gasteiger partial charge in [0.15, 0.2) is 5.13 Å². The van der Waals surface area contributed by atoms with E-state index in [1.54, 1.807) is 61.5 Å². The number of hydrogen-bond donors (Lipinski definition) is 4. The third kappa shape index (κ3) is 14.0. The SMILES string of the molecule is CNC(C)C(=O)NC(C(=O)N1CCCC1c1nc(C(=O)c2cccc(OCCOCCOCC(=O)N3CCN(c4cc(Nc5ncc(C(=O)Nc6c(C)cccc6Cl)s5)nc(C)n4)CC3)c2)cs1)C1CCCCC1. The maximum Gasteiger partial charge on any atom is 0.267 e. The molecule has 0 bridgehead atoms. The Balaban J connectivity index is 0.725. The minimum Gasteiger partial charge on any atom is -0.491 e. The number of halogens is 1. The second-order valence-electron chi connectivity index (χ2n) is 18.6. The Bertz CT molecular complexity index is 2740. The molecule has 19 nitrogen and oxygen atoms in total. The molecule has 1 saturated carbocycles. The van der Waals surface area contributed by atoms with Gasteiger partial charge in [0.25, 0.3) is 5.91 Å². The first-order chi connectivity index (χ1) is 35.8. The Kier molecular flexibility index (Phi) is 19.0. The zero-order chi connectivity index (χ0) is 52.1. The highest BCUT2D eigenvalue weighted by molar-refractivity contribution is 7.17. The van der Waals surface area contributed by atoms with Gasteiger partial charge in [0, 0.05) is 49.7 Å². The minimum atomic E-state index is -0.594. The lowest BCUT2D eigenvalue weighted by atomic mass is 9.83. The van der Waals surface area contributed by atoms with E-state index in [1.165, 1.54) is 28.9 Å². The van der Waals surface area contributed by atoms with E-state index >= 15 is 0 Å². The molecule has 8 rings (SSSR count). The first-order valence-electron chi connectivity index (χ1n) is 25.2. The summed E-state index contributed by atoms with van der Waals surface area (Å²) in [6.07, 6.45) is 8.09. The molecule has 5 aromatic rings. The molecule has 22 heteroatoms. The average molecular weight is 1070 g/mol. The molecular formula is C52H64ClN11O8S2. The fraction of sp³-hybridized carbons (Fsp3) is 0.481. The number of thiazole rings is 2. The molecule has 2 saturated heterocycles. The molecule has 3 aliphatic rings. The fourth-order valence-corrected chi connectivity index (χ4v) is 11.2. The number of piperazine rings is 1. The zero-order valence-electron chi connectivity index (χ0n) is 42.2. The number of likely N-dealkylation sites (N-methyl/N-ethyl adjacent to an activating group) is 1. The number of amides is 4. The Morgan fingerprint density at radius 2 is 1.64 bits per heavy atom. The first kappa shape index (κ1) is 54.2. The van der Waals surface area contributed by atoms with Crippen molar-refractivity contribution in [1.29, 1.82) is 0 Å². The summed E-state index contributed by atoms with van der Waals surface area (Å²) in [6.45, 7) is 9.12. The van der Waals surface area contributed by atoms with Gasteiger partial charge < -0.3 is 50.2 Å². The molecule has 1 aliphatic carbocycles. The van der Waals surface area contributed by atoms with Gasteiger partial charge in [-0.3, -0.25) is 24.0 Å². The molecule has 394 valence electrons. The van der Waals surface area contributed by atoms with Gasteiger partial charge in [-0.15, -0.1) is 11.3 Å². The van der Waals surface area contributed by atoms with E-state index < -0.39 is 12.1 Å². The fourth-order valence-electron chi connectivity index (χ4n) is 9.31. The number of ether oxygens (including phenoxy) is 3. The number of aromatic nitrogens is 4. The van der Waals surface area contributed by atoms with Crippen LogP contribution in [0.15, 0.2) is 60.1 Å². The monoisotopic (exact) mass is 1070 g/mol. The van der Waals surface area contributed by atoms with E-state index in [4.69, 9.17) is 30.8 Å². The van der Waals surface area contributed by atoms with Crippen molar-refractivity contribution in [1.82, 2.24) is 40.4 Å². The van der Waals surface area contributed by atoms with Gasteiger partial charge in [-0.05, 0) is 83.2 Å². The third-order valence-electron chi connectivity index (χ3n) is 13.5. The number of para-hydroxylation sites is 1. The lowest BCUT2D eigenvalue weighted by Crippen LogP contribution is -2.55. The second-order valence-corrected chi connectivity index (χ2v) is 20.9. The third-order valence-corrected chi connectivity index (χ3v) is 15.7. The normalized spacial score (nSPS) is 16.9. The van der Waals surface area contributed by atoms with Gasteiger partial charge in [-0.1, -0.05) is 66.5 Å². The number of likely N-dealkylation sites (tertiary alicyclic amines) is 1. The summed E-state index contributed by atoms with van der Waals surface area (Å²) in [6, 6.07) is 12.9. The summed E-state index contributed by atoms with van der Waals surface area (Å²) in [5.41, 5.74) is 2.16. The van der Waals surface area contributed by atoms with Crippen molar-refractivity contribution >= 4 is 86.1 Å². The molecule has 2 aliphatic heterocycles. The van der Waals surface area contributed by atoms with Gasteiger partial charge in [0.2, 0.25) is 23.5 Å². The molecule has 3 unspecified atom stereocenters. The molecule has 2 aromatic carbocycles. The van der Waals surface area contributed by atoms with Gasteiger partial charge in [0.05, 0.1) is 48.8 Å². The minimum absolute atomic E-state index is 0.0676. The van der Waals surface area contributed by atoms with Crippen LogP contribution >= 0.6 is 34.3 Å². The number of ketones is 1. The quantitative estimate of drug-likeness (QED) is 0.0405. The number of nitrogens with zero attached hydrogens (tertiary/aromatic N) is 7. The van der Waals surface area contributed by atoms with Crippen LogP contribution in [0, 0.1) is 19.8 Å². The highest BCUT2D eigenvalue weighted by atomic mass is 35.5. The molecule has 5 heterocycles. The number of aryl methyl sites for hydroxylation is 2. The van der Waals surface area contributed by atoms with Gasteiger partial charge >= 0.3 is 0 Å². The van der Waals surface area contributed by atoms with Crippen LogP contribution in [0.1, 0.15) is 100 Å². The van der Waals surface area contributed by atoms with Crippen molar-refractivity contribution < 1.29 is 38.2 Å². The van der Waals surface area contributed by atoms with Crippen molar-refractivity contribution in [2.45, 2.75) is 83.8 Å². The largest absolute Gasteiger partial charge is 0.491 e. The summed E-state index contributed by atoms with van der Waals surface area (Å²) in [4.78, 5) is 91.3. The molecule has 3 atom stereocenters. The molecule has 3 aromatic heterocycles. The van der Waals surface area contributed by atoms with Crippen LogP contribution in [0.25, 0.3) is 0 Å². The van der Waals surface area contributed by atoms with Crippen LogP contribution in [0.2, 0.25) is 5.02 Å². The van der Waals surface area contributed by atoms with Gasteiger partial charge in [0.1, 0.15) is 58.0 Å². The predicted molar refractivity (Wildman–Crippen MR) is 285 cm³/mol. The number of benzene rings is 2. The van der Waals surface area contributed by atoms with E-state index in [1.807, 2.05) is 30.0 Å². The molecule has 0 radical (unpaired) electrons. The van der Waals surface area contributed by atoms with Crippen LogP contribution in [0.5, 0.6) is 5.75 Å². The topological polar surface area (TPSA) is 222 Å². The van der Waals surface area contributed by atoms with Gasteiger partial charge in [-0.25, -0.2) is 19.9 Å². The Hall–Kier alpha value is -6.10. The predicted octanol–water partition coefficient (Wildman–Crippen LogP) is 6.98. The van der Waals surface area contributed by atoms with Crippen LogP contribution < -0.4 is 30.9 Å². The van der Waals surface area contributed by atoms with Crippen molar-refractivity contribution in [2.24, 2.45) is 5.92 Å². The zero-order valence-corrected chi connectivity index (χ0v) is 44.6. The summed E-state index contributed by atoms with van der Waals surface area (Å²) >= 11 is 8.87. The maximum absolute atomic E-state index is 14.2. The number of hydrogen-bond acceptors (Lipinski definition) is 17. The molecular weight excluding hydrogens is 1010 g/mol. The first-order valence-corrected chi connectivity index (χ1v) is 27.3. The average Bonchev–Trinajstić information content (AvgIpc) is 4.22. The van der Waals surface area contributed by atoms with Crippen LogP contribution in [0.4, 0.5) is 22.5 Å². The highest BCUT2D eigenvalue weighted by Crippen LogP contribution is 2.37.